The molecule has 0 spiro atoms. The van der Waals surface area contributed by atoms with Crippen LogP contribution in [0.1, 0.15) is 28.9 Å². The highest BCUT2D eigenvalue weighted by Crippen LogP contribution is 2.28. The van der Waals surface area contributed by atoms with E-state index in [0.717, 1.165) is 4.47 Å². The van der Waals surface area contributed by atoms with Gasteiger partial charge in [-0.3, -0.25) is 9.59 Å². The van der Waals surface area contributed by atoms with Crippen LogP contribution < -0.4 is 5.32 Å². The van der Waals surface area contributed by atoms with E-state index in [1.165, 1.54) is 11.3 Å². The SMILES string of the molecule is O=C(O)CC1(NC(=O)c2sccc2Br)CCOCC1. The van der Waals surface area contributed by atoms with Crippen molar-refractivity contribution in [1.82, 2.24) is 5.32 Å². The molecule has 5 nitrogen and oxygen atoms in total. The molecule has 19 heavy (non-hydrogen) atoms. The Morgan fingerprint density at radius 2 is 2.16 bits per heavy atom. The van der Waals surface area contributed by atoms with Crippen LogP contribution in [0.25, 0.3) is 0 Å². The summed E-state index contributed by atoms with van der Waals surface area (Å²) in [6.45, 7) is 0.943. The molecule has 2 N–H and O–H groups in total. The van der Waals surface area contributed by atoms with Gasteiger partial charge in [0.25, 0.3) is 5.91 Å². The Kier molecular flexibility index (Phi) is 4.59. The Morgan fingerprint density at radius 3 is 2.68 bits per heavy atom. The van der Waals surface area contributed by atoms with Crippen LogP contribution in [0, 0.1) is 0 Å². The predicted molar refractivity (Wildman–Crippen MR) is 74.5 cm³/mol. The van der Waals surface area contributed by atoms with Gasteiger partial charge in [0.15, 0.2) is 0 Å². The van der Waals surface area contributed by atoms with Gasteiger partial charge in [-0.15, -0.1) is 11.3 Å². The first-order chi connectivity index (χ1) is 9.02. The molecule has 1 aromatic heterocycles. The Labute approximate surface area is 123 Å². The molecule has 1 amide bonds. The fourth-order valence-corrected chi connectivity index (χ4v) is 3.60. The number of ether oxygens (including phenoxy) is 1. The van der Waals surface area contributed by atoms with Gasteiger partial charge >= 0.3 is 5.97 Å². The van der Waals surface area contributed by atoms with Crippen molar-refractivity contribution < 1.29 is 19.4 Å². The number of carbonyl (C=O) groups excluding carboxylic acids is 1. The average Bonchev–Trinajstić information content (AvgIpc) is 2.75. The first-order valence-electron chi connectivity index (χ1n) is 5.87. The van der Waals surface area contributed by atoms with E-state index in [0.29, 0.717) is 30.9 Å². The topological polar surface area (TPSA) is 75.6 Å². The van der Waals surface area contributed by atoms with Crippen molar-refractivity contribution >= 4 is 39.1 Å². The molecule has 1 aliphatic heterocycles. The molecule has 2 heterocycles. The predicted octanol–water partition coefficient (Wildman–Crippen LogP) is 2.26. The van der Waals surface area contributed by atoms with E-state index in [1.807, 2.05) is 5.38 Å². The summed E-state index contributed by atoms with van der Waals surface area (Å²) >= 11 is 4.63. The van der Waals surface area contributed by atoms with Crippen molar-refractivity contribution in [2.75, 3.05) is 13.2 Å². The summed E-state index contributed by atoms with van der Waals surface area (Å²) in [6.07, 6.45) is 0.965. The highest BCUT2D eigenvalue weighted by Gasteiger charge is 2.37. The second kappa shape index (κ2) is 6.02. The van der Waals surface area contributed by atoms with Crippen molar-refractivity contribution in [2.45, 2.75) is 24.8 Å². The van der Waals surface area contributed by atoms with Crippen LogP contribution in [0.3, 0.4) is 0 Å². The summed E-state index contributed by atoms with van der Waals surface area (Å²) < 4.78 is 5.98. The number of carbonyl (C=O) groups is 2. The fraction of sp³-hybridized carbons (Fsp3) is 0.500. The third kappa shape index (κ3) is 3.55. The first kappa shape index (κ1) is 14.5. The zero-order valence-electron chi connectivity index (χ0n) is 10.1. The van der Waals surface area contributed by atoms with Gasteiger partial charge in [-0.1, -0.05) is 0 Å². The second-order valence-electron chi connectivity index (χ2n) is 4.52. The van der Waals surface area contributed by atoms with Gasteiger partial charge in [-0.2, -0.15) is 0 Å². The molecular formula is C12H14BrNO4S. The molecule has 0 saturated carbocycles. The molecule has 1 aromatic rings. The van der Waals surface area contributed by atoms with Crippen LogP contribution >= 0.6 is 27.3 Å². The summed E-state index contributed by atoms with van der Waals surface area (Å²) in [5.74, 6) is -1.14. The lowest BCUT2D eigenvalue weighted by molar-refractivity contribution is -0.139. The molecule has 0 radical (unpaired) electrons. The molecule has 104 valence electrons. The molecular weight excluding hydrogens is 334 g/mol. The molecule has 7 heteroatoms. The average molecular weight is 348 g/mol. The summed E-state index contributed by atoms with van der Waals surface area (Å²) in [5, 5.41) is 13.7. The van der Waals surface area contributed by atoms with Gasteiger partial charge in [0.05, 0.1) is 12.0 Å². The summed E-state index contributed by atoms with van der Waals surface area (Å²) in [6, 6.07) is 1.80. The molecule has 0 aromatic carbocycles. The molecule has 0 bridgehead atoms. The highest BCUT2D eigenvalue weighted by molar-refractivity contribution is 9.10. The zero-order chi connectivity index (χ0) is 13.9. The maximum atomic E-state index is 12.2. The van der Waals surface area contributed by atoms with Crippen molar-refractivity contribution in [1.29, 1.82) is 0 Å². The van der Waals surface area contributed by atoms with Crippen LogP contribution in [-0.4, -0.2) is 35.7 Å². The van der Waals surface area contributed by atoms with E-state index in [9.17, 15) is 9.59 Å². The van der Waals surface area contributed by atoms with E-state index in [2.05, 4.69) is 21.2 Å². The smallest absolute Gasteiger partial charge is 0.305 e. The molecule has 1 saturated heterocycles. The van der Waals surface area contributed by atoms with E-state index in [-0.39, 0.29) is 12.3 Å². The fourth-order valence-electron chi connectivity index (χ4n) is 2.15. The Bertz CT molecular complexity index is 482. The third-order valence-electron chi connectivity index (χ3n) is 3.14. The van der Waals surface area contributed by atoms with Crippen LogP contribution in [0.4, 0.5) is 0 Å². The van der Waals surface area contributed by atoms with Crippen molar-refractivity contribution in [3.05, 3.63) is 20.8 Å². The summed E-state index contributed by atoms with van der Waals surface area (Å²) in [7, 11) is 0. The lowest BCUT2D eigenvalue weighted by Gasteiger charge is -2.36. The highest BCUT2D eigenvalue weighted by atomic mass is 79.9. The number of rotatable bonds is 4. The van der Waals surface area contributed by atoms with Gasteiger partial charge in [-0.05, 0) is 40.2 Å². The Hall–Kier alpha value is -0.920. The molecule has 2 rings (SSSR count). The minimum Gasteiger partial charge on any atom is -0.481 e. The number of aliphatic carboxylic acids is 1. The van der Waals surface area contributed by atoms with Crippen LogP contribution in [0.2, 0.25) is 0 Å². The first-order valence-corrected chi connectivity index (χ1v) is 7.55. The lowest BCUT2D eigenvalue weighted by atomic mass is 9.86. The lowest BCUT2D eigenvalue weighted by Crippen LogP contribution is -2.53. The minimum absolute atomic E-state index is 0.0783. The number of halogens is 1. The number of carboxylic acid groups (broad SMARTS) is 1. The van der Waals surface area contributed by atoms with Gasteiger partial charge in [-0.25, -0.2) is 0 Å². The van der Waals surface area contributed by atoms with Crippen molar-refractivity contribution in [3.8, 4) is 0 Å². The van der Waals surface area contributed by atoms with E-state index in [4.69, 9.17) is 9.84 Å². The van der Waals surface area contributed by atoms with Crippen LogP contribution in [0.15, 0.2) is 15.9 Å². The quantitative estimate of drug-likeness (QED) is 0.875. The number of nitrogens with one attached hydrogen (secondary N) is 1. The van der Waals surface area contributed by atoms with Gasteiger partial charge in [0, 0.05) is 17.7 Å². The monoisotopic (exact) mass is 347 g/mol. The Balaban J connectivity index is 2.14. The number of carboxylic acids is 1. The van der Waals surface area contributed by atoms with E-state index in [1.54, 1.807) is 6.07 Å². The molecule has 0 unspecified atom stereocenters. The van der Waals surface area contributed by atoms with Gasteiger partial charge in [0.2, 0.25) is 0 Å². The van der Waals surface area contributed by atoms with Crippen LogP contribution in [0.5, 0.6) is 0 Å². The second-order valence-corrected chi connectivity index (χ2v) is 6.29. The molecule has 0 atom stereocenters. The summed E-state index contributed by atoms with van der Waals surface area (Å²) in [5.41, 5.74) is -0.704. The number of hydrogen-bond acceptors (Lipinski definition) is 4. The molecule has 0 aliphatic carbocycles. The minimum atomic E-state index is -0.910. The maximum Gasteiger partial charge on any atom is 0.305 e. The van der Waals surface area contributed by atoms with Gasteiger partial charge in [0.1, 0.15) is 4.88 Å². The van der Waals surface area contributed by atoms with Gasteiger partial charge < -0.3 is 15.2 Å². The number of amides is 1. The van der Waals surface area contributed by atoms with Crippen LogP contribution in [-0.2, 0) is 9.53 Å². The van der Waals surface area contributed by atoms with Crippen molar-refractivity contribution in [3.63, 3.8) is 0 Å². The number of hydrogen-bond donors (Lipinski definition) is 2. The Morgan fingerprint density at radius 1 is 1.47 bits per heavy atom. The molecule has 1 aliphatic rings. The third-order valence-corrected chi connectivity index (χ3v) is 4.98. The normalized spacial score (nSPS) is 17.9. The number of thiophene rings is 1. The maximum absolute atomic E-state index is 12.2. The standard InChI is InChI=1S/C12H14BrNO4S/c13-8-1-6-19-10(8)11(17)14-12(7-9(15)16)2-4-18-5-3-12/h1,6H,2-5,7H2,(H,14,17)(H,15,16). The largest absolute Gasteiger partial charge is 0.481 e. The zero-order valence-corrected chi connectivity index (χ0v) is 12.6. The van der Waals surface area contributed by atoms with E-state index < -0.39 is 11.5 Å². The molecule has 1 fully saturated rings. The van der Waals surface area contributed by atoms with E-state index >= 15 is 0 Å². The van der Waals surface area contributed by atoms with Crippen molar-refractivity contribution in [2.24, 2.45) is 0 Å². The summed E-state index contributed by atoms with van der Waals surface area (Å²) in [4.78, 5) is 23.8.